The zero-order chi connectivity index (χ0) is 10.9. The quantitative estimate of drug-likeness (QED) is 0.317. The van der Waals surface area contributed by atoms with Crippen molar-refractivity contribution >= 4 is 9.04 Å². The smallest absolute Gasteiger partial charge is 0.201 e. The molecule has 1 aliphatic rings. The van der Waals surface area contributed by atoms with Crippen LogP contribution in [0, 0.1) is 0 Å². The van der Waals surface area contributed by atoms with Gasteiger partial charge < -0.3 is 18.6 Å². The van der Waals surface area contributed by atoms with E-state index in [0.717, 1.165) is 45.1 Å². The van der Waals surface area contributed by atoms with Crippen LogP contribution in [-0.2, 0) is 18.6 Å². The second-order valence-electron chi connectivity index (χ2n) is 3.69. The third-order valence-corrected chi connectivity index (χ3v) is 4.69. The average molecular weight is 234 g/mol. The normalized spacial score (nSPS) is 21.6. The van der Waals surface area contributed by atoms with Gasteiger partial charge in [0.1, 0.15) is 6.10 Å². The van der Waals surface area contributed by atoms with Gasteiger partial charge in [0, 0.05) is 20.3 Å². The highest BCUT2D eigenvalue weighted by Gasteiger charge is 2.22. The molecule has 0 bridgehead atoms. The Morgan fingerprint density at radius 1 is 1.40 bits per heavy atom. The van der Waals surface area contributed by atoms with Crippen molar-refractivity contribution in [1.82, 2.24) is 0 Å². The molecule has 0 aliphatic carbocycles. The third kappa shape index (κ3) is 7.02. The van der Waals surface area contributed by atoms with Gasteiger partial charge in [0.05, 0.1) is 19.4 Å². The van der Waals surface area contributed by atoms with Crippen LogP contribution in [0.15, 0.2) is 0 Å². The molecule has 1 saturated heterocycles. The minimum atomic E-state index is -1.12. The van der Waals surface area contributed by atoms with Gasteiger partial charge in [-0.05, 0) is 19.4 Å². The van der Waals surface area contributed by atoms with Crippen LogP contribution in [0.3, 0.4) is 0 Å². The zero-order valence-electron chi connectivity index (χ0n) is 9.74. The molecule has 2 atom stereocenters. The maximum Gasteiger partial charge on any atom is 0.201 e. The molecular weight excluding hydrogens is 212 g/mol. The van der Waals surface area contributed by atoms with Crippen LogP contribution >= 0.6 is 0 Å². The molecule has 0 radical (unpaired) electrons. The van der Waals surface area contributed by atoms with Gasteiger partial charge in [-0.15, -0.1) is 0 Å². The maximum absolute atomic E-state index is 5.46. The first-order valence-corrected chi connectivity index (χ1v) is 7.77. The van der Waals surface area contributed by atoms with Crippen molar-refractivity contribution in [1.29, 1.82) is 0 Å². The monoisotopic (exact) mass is 234 g/mol. The van der Waals surface area contributed by atoms with Crippen molar-refractivity contribution in [2.24, 2.45) is 0 Å². The van der Waals surface area contributed by atoms with Crippen LogP contribution in [-0.4, -0.2) is 54.9 Å². The zero-order valence-corrected chi connectivity index (χ0v) is 10.9. The van der Waals surface area contributed by atoms with Gasteiger partial charge in [0.2, 0.25) is 9.04 Å². The second kappa shape index (κ2) is 8.24. The van der Waals surface area contributed by atoms with Crippen LogP contribution in [0.1, 0.15) is 13.3 Å². The van der Waals surface area contributed by atoms with Crippen molar-refractivity contribution in [2.45, 2.75) is 25.5 Å². The van der Waals surface area contributed by atoms with Crippen LogP contribution in [0.25, 0.3) is 0 Å². The highest BCUT2D eigenvalue weighted by Crippen LogP contribution is 2.09. The lowest BCUT2D eigenvalue weighted by molar-refractivity contribution is 0.116. The van der Waals surface area contributed by atoms with Gasteiger partial charge in [-0.2, -0.15) is 0 Å². The minimum Gasteiger partial charge on any atom is -0.421 e. The van der Waals surface area contributed by atoms with E-state index in [0.29, 0.717) is 6.10 Å². The largest absolute Gasteiger partial charge is 0.421 e. The van der Waals surface area contributed by atoms with Gasteiger partial charge in [0.25, 0.3) is 0 Å². The average Bonchev–Trinajstić information content (AvgIpc) is 3.06. The molecule has 0 spiro atoms. The predicted octanol–water partition coefficient (Wildman–Crippen LogP) is 0.738. The van der Waals surface area contributed by atoms with Crippen molar-refractivity contribution < 1.29 is 18.6 Å². The van der Waals surface area contributed by atoms with E-state index in [9.17, 15) is 0 Å². The topological polar surface area (TPSA) is 40.2 Å². The summed E-state index contributed by atoms with van der Waals surface area (Å²) in [5.74, 6) is 0. The second-order valence-corrected chi connectivity index (χ2v) is 6.32. The molecule has 0 N–H and O–H groups in total. The van der Waals surface area contributed by atoms with Gasteiger partial charge in [-0.3, -0.25) is 0 Å². The molecule has 1 heterocycles. The summed E-state index contributed by atoms with van der Waals surface area (Å²) in [5.41, 5.74) is 0. The molecule has 4 nitrogen and oxygen atoms in total. The lowest BCUT2D eigenvalue weighted by Gasteiger charge is -2.12. The first kappa shape index (κ1) is 13.1. The number of hydrogen-bond donors (Lipinski definition) is 0. The van der Waals surface area contributed by atoms with Gasteiger partial charge in [-0.1, -0.05) is 0 Å². The molecule has 1 rings (SSSR count). The summed E-state index contributed by atoms with van der Waals surface area (Å²) in [6, 6.07) is 1.13. The lowest BCUT2D eigenvalue weighted by Crippen LogP contribution is -2.24. The predicted molar refractivity (Wildman–Crippen MR) is 60.6 cm³/mol. The van der Waals surface area contributed by atoms with E-state index in [1.165, 1.54) is 0 Å². The highest BCUT2D eigenvalue weighted by molar-refractivity contribution is 6.51. The summed E-state index contributed by atoms with van der Waals surface area (Å²) in [5, 5.41) is 0. The molecule has 2 unspecified atom stereocenters. The van der Waals surface area contributed by atoms with Gasteiger partial charge in [-0.25, -0.2) is 0 Å². The maximum atomic E-state index is 5.46. The lowest BCUT2D eigenvalue weighted by atomic mass is 10.5. The van der Waals surface area contributed by atoms with Crippen LogP contribution in [0.2, 0.25) is 6.04 Å². The first-order chi connectivity index (χ1) is 7.36. The van der Waals surface area contributed by atoms with Crippen molar-refractivity contribution in [2.75, 3.05) is 39.8 Å². The number of hydrogen-bond acceptors (Lipinski definition) is 4. The van der Waals surface area contributed by atoms with E-state index in [4.69, 9.17) is 18.6 Å². The molecule has 0 amide bonds. The number of epoxide rings is 1. The SMILES string of the molecule is CCOC[SiH](CCCOCC1CO1)OC. The summed E-state index contributed by atoms with van der Waals surface area (Å²) < 4.78 is 21.3. The Morgan fingerprint density at radius 3 is 2.80 bits per heavy atom. The van der Waals surface area contributed by atoms with E-state index in [1.807, 2.05) is 6.92 Å². The van der Waals surface area contributed by atoms with Crippen LogP contribution in [0.5, 0.6) is 0 Å². The molecule has 0 aromatic heterocycles. The molecule has 0 saturated carbocycles. The number of rotatable bonds is 10. The summed E-state index contributed by atoms with van der Waals surface area (Å²) in [6.45, 7) is 5.24. The third-order valence-electron chi connectivity index (χ3n) is 2.36. The standard InChI is InChI=1S/C10H22O4Si/c1-3-12-9-15(11-2)6-4-5-13-7-10-8-14-10/h10,15H,3-9H2,1-2H3. The molecule has 0 aromatic rings. The molecule has 90 valence electrons. The van der Waals surface area contributed by atoms with E-state index in [2.05, 4.69) is 0 Å². The van der Waals surface area contributed by atoms with Gasteiger partial charge in [0.15, 0.2) is 0 Å². The summed E-state index contributed by atoms with van der Waals surface area (Å²) in [7, 11) is 0.671. The van der Waals surface area contributed by atoms with Gasteiger partial charge >= 0.3 is 0 Å². The Balaban J connectivity index is 1.86. The summed E-state index contributed by atoms with van der Waals surface area (Å²) >= 11 is 0. The molecule has 15 heavy (non-hydrogen) atoms. The van der Waals surface area contributed by atoms with Crippen LogP contribution in [0.4, 0.5) is 0 Å². The van der Waals surface area contributed by atoms with Crippen molar-refractivity contribution in [3.8, 4) is 0 Å². The minimum absolute atomic E-state index is 0.379. The Hall–Kier alpha value is 0.0569. The highest BCUT2D eigenvalue weighted by atomic mass is 28.3. The van der Waals surface area contributed by atoms with Crippen molar-refractivity contribution in [3.63, 3.8) is 0 Å². The fourth-order valence-electron chi connectivity index (χ4n) is 1.31. The Bertz CT molecular complexity index is 152. The Labute approximate surface area is 93.6 Å². The first-order valence-electron chi connectivity index (χ1n) is 5.66. The van der Waals surface area contributed by atoms with Crippen molar-refractivity contribution in [3.05, 3.63) is 0 Å². The molecule has 5 heteroatoms. The fraction of sp³-hybridized carbons (Fsp3) is 1.00. The van der Waals surface area contributed by atoms with E-state index in [-0.39, 0.29) is 0 Å². The summed E-state index contributed by atoms with van der Waals surface area (Å²) in [6.07, 6.45) is 2.27. The Morgan fingerprint density at radius 2 is 2.20 bits per heavy atom. The van der Waals surface area contributed by atoms with Crippen LogP contribution < -0.4 is 0 Å². The van der Waals surface area contributed by atoms with E-state index >= 15 is 0 Å². The molecule has 0 aromatic carbocycles. The van der Waals surface area contributed by atoms with E-state index < -0.39 is 9.04 Å². The molecule has 1 fully saturated rings. The Kier molecular flexibility index (Phi) is 7.21. The summed E-state index contributed by atoms with van der Waals surface area (Å²) in [4.78, 5) is 0. The molecular formula is C10H22O4Si. The van der Waals surface area contributed by atoms with E-state index in [1.54, 1.807) is 7.11 Å². The fourth-order valence-corrected chi connectivity index (χ4v) is 2.97. The molecule has 1 aliphatic heterocycles. The number of ether oxygens (including phenoxy) is 3.